The zero-order valence-corrected chi connectivity index (χ0v) is 13.1. The molecule has 0 saturated carbocycles. The molecule has 24 heavy (non-hydrogen) atoms. The predicted octanol–water partition coefficient (Wildman–Crippen LogP) is 2.74. The molecule has 0 saturated heterocycles. The normalized spacial score (nSPS) is 12.8. The fourth-order valence-electron chi connectivity index (χ4n) is 1.90. The lowest BCUT2D eigenvalue weighted by Crippen LogP contribution is -2.32. The molecule has 0 fully saturated rings. The van der Waals surface area contributed by atoms with Gasteiger partial charge in [-0.1, -0.05) is 36.0 Å². The first kappa shape index (κ1) is 18.2. The van der Waals surface area contributed by atoms with E-state index in [0.717, 1.165) is 35.2 Å². The zero-order chi connectivity index (χ0) is 17.7. The average molecular weight is 357 g/mol. The smallest absolute Gasteiger partial charge is 0.433 e. The first-order valence-corrected chi connectivity index (χ1v) is 7.83. The van der Waals surface area contributed by atoms with Crippen molar-refractivity contribution in [2.75, 3.05) is 0 Å². The van der Waals surface area contributed by atoms with Gasteiger partial charge in [-0.2, -0.15) is 13.2 Å². The van der Waals surface area contributed by atoms with Crippen LogP contribution in [-0.4, -0.2) is 27.1 Å². The molecule has 5 nitrogen and oxygen atoms in total. The summed E-state index contributed by atoms with van der Waals surface area (Å²) in [5.41, 5.74) is 6.06. The molecule has 0 spiro atoms. The van der Waals surface area contributed by atoms with Gasteiger partial charge < -0.3 is 10.8 Å². The molecule has 0 aliphatic rings. The van der Waals surface area contributed by atoms with E-state index in [1.807, 2.05) is 0 Å². The summed E-state index contributed by atoms with van der Waals surface area (Å²) in [5.74, 6) is -0.732. The van der Waals surface area contributed by atoms with Crippen molar-refractivity contribution >= 4 is 17.7 Å². The minimum atomic E-state index is -4.51. The van der Waals surface area contributed by atoms with E-state index < -0.39 is 23.9 Å². The van der Waals surface area contributed by atoms with Gasteiger partial charge in [-0.05, 0) is 23.6 Å². The van der Waals surface area contributed by atoms with Crippen LogP contribution in [0, 0.1) is 0 Å². The van der Waals surface area contributed by atoms with Crippen molar-refractivity contribution in [2.24, 2.45) is 5.73 Å². The van der Waals surface area contributed by atoms with E-state index in [2.05, 4.69) is 9.97 Å². The summed E-state index contributed by atoms with van der Waals surface area (Å²) in [6.07, 6.45) is -3.26. The van der Waals surface area contributed by atoms with E-state index in [1.54, 1.807) is 24.3 Å². The molecule has 3 N–H and O–H groups in total. The number of carboxylic acids is 1. The molecule has 1 atom stereocenters. The monoisotopic (exact) mass is 357 g/mol. The van der Waals surface area contributed by atoms with Gasteiger partial charge >= 0.3 is 12.1 Å². The molecule has 0 radical (unpaired) electrons. The fraction of sp³-hybridized carbons (Fsp3) is 0.267. The van der Waals surface area contributed by atoms with Gasteiger partial charge in [0.1, 0.15) is 11.7 Å². The molecule has 1 aromatic carbocycles. The third-order valence-corrected chi connectivity index (χ3v) is 3.99. The zero-order valence-electron chi connectivity index (χ0n) is 12.3. The summed E-state index contributed by atoms with van der Waals surface area (Å²) in [4.78, 5) is 18.1. The quantitative estimate of drug-likeness (QED) is 0.610. The Kier molecular flexibility index (Phi) is 5.79. The molecule has 2 aromatic rings. The lowest BCUT2D eigenvalue weighted by atomic mass is 10.0. The molecule has 128 valence electrons. The van der Waals surface area contributed by atoms with Crippen molar-refractivity contribution in [3.8, 4) is 0 Å². The number of alkyl halides is 3. The number of nitrogens with zero attached hydrogens (tertiary/aromatic N) is 2. The van der Waals surface area contributed by atoms with Crippen LogP contribution in [0.15, 0.2) is 41.7 Å². The van der Waals surface area contributed by atoms with Crippen LogP contribution in [0.3, 0.4) is 0 Å². The Morgan fingerprint density at radius 2 is 2.00 bits per heavy atom. The molecule has 0 aliphatic heterocycles. The van der Waals surface area contributed by atoms with E-state index in [4.69, 9.17) is 10.8 Å². The van der Waals surface area contributed by atoms with Crippen LogP contribution < -0.4 is 5.73 Å². The lowest BCUT2D eigenvalue weighted by Gasteiger charge is -2.09. The van der Waals surface area contributed by atoms with E-state index in [9.17, 15) is 18.0 Å². The van der Waals surface area contributed by atoms with Gasteiger partial charge in [0.2, 0.25) is 0 Å². The standard InChI is InChI=1S/C15H14F3N3O2S/c16-15(17,18)12-4-5-20-14(21-12)24-8-10-3-1-2-9(6-10)7-11(19)13(22)23/h1-6,11H,7-8,19H2,(H,22,23). The Morgan fingerprint density at radius 3 is 2.67 bits per heavy atom. The van der Waals surface area contributed by atoms with Gasteiger partial charge in [-0.15, -0.1) is 0 Å². The highest BCUT2D eigenvalue weighted by Crippen LogP contribution is 2.29. The number of benzene rings is 1. The summed E-state index contributed by atoms with van der Waals surface area (Å²) in [6.45, 7) is 0. The van der Waals surface area contributed by atoms with Crippen molar-refractivity contribution in [3.63, 3.8) is 0 Å². The maximum Gasteiger partial charge on any atom is 0.433 e. The number of carbonyl (C=O) groups is 1. The number of rotatable bonds is 6. The van der Waals surface area contributed by atoms with Crippen molar-refractivity contribution < 1.29 is 23.1 Å². The molecule has 1 heterocycles. The first-order chi connectivity index (χ1) is 11.3. The first-order valence-electron chi connectivity index (χ1n) is 6.85. The SMILES string of the molecule is NC(Cc1cccc(CSc2nccc(C(F)(F)F)n2)c1)C(=O)O. The minimum Gasteiger partial charge on any atom is -0.480 e. The van der Waals surface area contributed by atoms with Gasteiger partial charge in [0.05, 0.1) is 0 Å². The number of hydrogen-bond donors (Lipinski definition) is 2. The molecule has 1 unspecified atom stereocenters. The average Bonchev–Trinajstić information content (AvgIpc) is 2.52. The Labute approximate surface area is 140 Å². The van der Waals surface area contributed by atoms with Crippen LogP contribution >= 0.6 is 11.8 Å². The maximum absolute atomic E-state index is 12.6. The van der Waals surface area contributed by atoms with Crippen LogP contribution in [0.4, 0.5) is 13.2 Å². The van der Waals surface area contributed by atoms with Gasteiger partial charge in [-0.3, -0.25) is 4.79 Å². The van der Waals surface area contributed by atoms with Gasteiger partial charge in [-0.25, -0.2) is 9.97 Å². The number of halogens is 3. The summed E-state index contributed by atoms with van der Waals surface area (Å²) in [6, 6.07) is 6.86. The van der Waals surface area contributed by atoms with Crippen molar-refractivity contribution in [1.82, 2.24) is 9.97 Å². The number of aromatic nitrogens is 2. The summed E-state index contributed by atoms with van der Waals surface area (Å²) in [7, 11) is 0. The predicted molar refractivity (Wildman–Crippen MR) is 82.4 cm³/mol. The molecule has 0 amide bonds. The molecular formula is C15H14F3N3O2S. The molecule has 1 aromatic heterocycles. The maximum atomic E-state index is 12.6. The second-order valence-corrected chi connectivity index (χ2v) is 5.92. The molecule has 9 heteroatoms. The number of aliphatic carboxylic acids is 1. The molecule has 2 rings (SSSR count). The summed E-state index contributed by atoms with van der Waals surface area (Å²) < 4.78 is 37.8. The highest BCUT2D eigenvalue weighted by Gasteiger charge is 2.32. The van der Waals surface area contributed by atoms with Crippen LogP contribution in [0.2, 0.25) is 0 Å². The largest absolute Gasteiger partial charge is 0.480 e. The topological polar surface area (TPSA) is 89.1 Å². The second kappa shape index (κ2) is 7.63. The van der Waals surface area contributed by atoms with Crippen LogP contribution in [-0.2, 0) is 23.1 Å². The highest BCUT2D eigenvalue weighted by molar-refractivity contribution is 7.98. The summed E-state index contributed by atoms with van der Waals surface area (Å²) in [5, 5.41) is 8.84. The van der Waals surface area contributed by atoms with Crippen molar-refractivity contribution in [1.29, 1.82) is 0 Å². The van der Waals surface area contributed by atoms with Crippen LogP contribution in [0.1, 0.15) is 16.8 Å². The van der Waals surface area contributed by atoms with Crippen molar-refractivity contribution in [2.45, 2.75) is 29.5 Å². The number of carboxylic acid groups (broad SMARTS) is 1. The Morgan fingerprint density at radius 1 is 1.29 bits per heavy atom. The molecular weight excluding hydrogens is 343 g/mol. The van der Waals surface area contributed by atoms with Crippen molar-refractivity contribution in [3.05, 3.63) is 53.3 Å². The Balaban J connectivity index is 2.03. The summed E-state index contributed by atoms with van der Waals surface area (Å²) >= 11 is 1.07. The van der Waals surface area contributed by atoms with E-state index in [1.165, 1.54) is 0 Å². The number of thioether (sulfide) groups is 1. The Hall–Kier alpha value is -2.13. The fourth-order valence-corrected chi connectivity index (χ4v) is 2.68. The lowest BCUT2D eigenvalue weighted by molar-refractivity contribution is -0.141. The number of hydrogen-bond acceptors (Lipinski definition) is 5. The van der Waals surface area contributed by atoms with Crippen LogP contribution in [0.25, 0.3) is 0 Å². The highest BCUT2D eigenvalue weighted by atomic mass is 32.2. The van der Waals surface area contributed by atoms with E-state index in [-0.39, 0.29) is 11.6 Å². The van der Waals surface area contributed by atoms with E-state index >= 15 is 0 Å². The molecule has 0 aliphatic carbocycles. The van der Waals surface area contributed by atoms with Gasteiger partial charge in [0, 0.05) is 11.9 Å². The van der Waals surface area contributed by atoms with E-state index in [0.29, 0.717) is 5.75 Å². The Bertz CT molecular complexity index is 725. The minimum absolute atomic E-state index is 0.0254. The van der Waals surface area contributed by atoms with Crippen LogP contribution in [0.5, 0.6) is 0 Å². The van der Waals surface area contributed by atoms with Gasteiger partial charge in [0.15, 0.2) is 5.16 Å². The third kappa shape index (κ3) is 5.20. The molecule has 0 bridgehead atoms. The third-order valence-electron chi connectivity index (χ3n) is 3.06. The number of nitrogens with two attached hydrogens (primary N) is 1. The van der Waals surface area contributed by atoms with Gasteiger partial charge in [0.25, 0.3) is 0 Å². The second-order valence-electron chi connectivity index (χ2n) is 4.98.